The molecule has 0 saturated heterocycles. The van der Waals surface area contributed by atoms with Crippen LogP contribution < -0.4 is 4.74 Å². The van der Waals surface area contributed by atoms with E-state index >= 15 is 0 Å². The summed E-state index contributed by atoms with van der Waals surface area (Å²) in [5, 5.41) is 1.45. The van der Waals surface area contributed by atoms with E-state index in [1.54, 1.807) is 24.4 Å². The summed E-state index contributed by atoms with van der Waals surface area (Å²) in [6, 6.07) is 22.2. The lowest BCUT2D eigenvalue weighted by Gasteiger charge is -2.20. The Morgan fingerprint density at radius 1 is 1.00 bits per heavy atom. The van der Waals surface area contributed by atoms with Gasteiger partial charge in [-0.15, -0.1) is 0 Å². The number of hydrogen-bond acceptors (Lipinski definition) is 5. The Morgan fingerprint density at radius 2 is 1.85 bits per heavy atom. The first-order valence-corrected chi connectivity index (χ1v) is 12.7. The molecule has 4 aromatic rings. The van der Waals surface area contributed by atoms with Crippen LogP contribution in [0, 0.1) is 0 Å². The Hall–Kier alpha value is -2.97. The van der Waals surface area contributed by atoms with Gasteiger partial charge >= 0.3 is 0 Å². The fourth-order valence-electron chi connectivity index (χ4n) is 4.04. The van der Waals surface area contributed by atoms with Gasteiger partial charge in [-0.25, -0.2) is 8.42 Å². The Morgan fingerprint density at radius 3 is 2.74 bits per heavy atom. The molecule has 1 aromatic heterocycles. The quantitative estimate of drug-likeness (QED) is 0.369. The molecule has 0 unspecified atom stereocenters. The lowest BCUT2D eigenvalue weighted by molar-refractivity contribution is 0.107. The second-order valence-corrected chi connectivity index (χ2v) is 10.4. The van der Waals surface area contributed by atoms with Gasteiger partial charge < -0.3 is 9.47 Å². The summed E-state index contributed by atoms with van der Waals surface area (Å²) in [5.74, 6) is 0.684. The molecule has 0 spiro atoms. The van der Waals surface area contributed by atoms with E-state index in [1.807, 2.05) is 54.6 Å². The normalized spacial score (nSPS) is 14.4. The van der Waals surface area contributed by atoms with E-state index in [1.165, 1.54) is 4.31 Å². The standard InChI is InChI=1S/C26H23ClN2O4S/c27-23-8-2-1-5-21(23)18-32-17-19-10-11-24-22(15-19)16-29(13-14-33-24)34(30,31)25-9-3-6-20-7-4-12-28-26(20)25/h1-12,15H,13-14,16-18H2. The molecule has 0 saturated carbocycles. The summed E-state index contributed by atoms with van der Waals surface area (Å²) in [6.45, 7) is 1.49. The predicted octanol–water partition coefficient (Wildman–Crippen LogP) is 5.19. The van der Waals surface area contributed by atoms with E-state index < -0.39 is 10.0 Å². The van der Waals surface area contributed by atoms with Gasteiger partial charge in [0, 0.05) is 35.3 Å². The Kier molecular flexibility index (Phi) is 6.52. The lowest BCUT2D eigenvalue weighted by Crippen LogP contribution is -2.32. The first kappa shape index (κ1) is 22.8. The number of pyridine rings is 1. The number of ether oxygens (including phenoxy) is 2. The second-order valence-electron chi connectivity index (χ2n) is 8.04. The monoisotopic (exact) mass is 494 g/mol. The third kappa shape index (κ3) is 4.65. The third-order valence-corrected chi connectivity index (χ3v) is 8.01. The average molecular weight is 495 g/mol. The van der Waals surface area contributed by atoms with E-state index in [4.69, 9.17) is 21.1 Å². The van der Waals surface area contributed by atoms with Crippen molar-refractivity contribution < 1.29 is 17.9 Å². The van der Waals surface area contributed by atoms with Crippen molar-refractivity contribution in [1.29, 1.82) is 0 Å². The maximum atomic E-state index is 13.6. The van der Waals surface area contributed by atoms with Crippen LogP contribution in [-0.2, 0) is 34.5 Å². The molecule has 3 aromatic carbocycles. The van der Waals surface area contributed by atoms with Crippen LogP contribution >= 0.6 is 11.6 Å². The molecule has 0 aliphatic carbocycles. The van der Waals surface area contributed by atoms with E-state index in [0.717, 1.165) is 22.1 Å². The van der Waals surface area contributed by atoms with E-state index in [2.05, 4.69) is 4.98 Å². The van der Waals surface area contributed by atoms with Crippen LogP contribution in [0.25, 0.3) is 10.9 Å². The largest absolute Gasteiger partial charge is 0.492 e. The minimum Gasteiger partial charge on any atom is -0.492 e. The summed E-state index contributed by atoms with van der Waals surface area (Å²) in [6.07, 6.45) is 1.61. The van der Waals surface area contributed by atoms with Gasteiger partial charge in [0.2, 0.25) is 10.0 Å². The Labute approximate surface area is 203 Å². The summed E-state index contributed by atoms with van der Waals surface area (Å²) in [4.78, 5) is 4.53. The predicted molar refractivity (Wildman–Crippen MR) is 131 cm³/mol. The molecule has 8 heteroatoms. The van der Waals surface area contributed by atoms with Gasteiger partial charge in [0.05, 0.1) is 18.7 Å². The summed E-state index contributed by atoms with van der Waals surface area (Å²) < 4.78 is 40.4. The number of benzene rings is 3. The molecule has 6 nitrogen and oxygen atoms in total. The summed E-state index contributed by atoms with van der Waals surface area (Å²) >= 11 is 6.20. The highest BCUT2D eigenvalue weighted by Gasteiger charge is 2.29. The average Bonchev–Trinajstić information content (AvgIpc) is 3.07. The van der Waals surface area contributed by atoms with Gasteiger partial charge in [0.25, 0.3) is 0 Å². The van der Waals surface area contributed by atoms with Crippen molar-refractivity contribution in [1.82, 2.24) is 9.29 Å². The van der Waals surface area contributed by atoms with Gasteiger partial charge in [-0.2, -0.15) is 4.31 Å². The van der Waals surface area contributed by atoms with E-state index in [0.29, 0.717) is 29.5 Å². The van der Waals surface area contributed by atoms with Crippen LogP contribution in [0.2, 0.25) is 5.02 Å². The number of nitrogens with zero attached hydrogens (tertiary/aromatic N) is 2. The van der Waals surface area contributed by atoms with Crippen molar-refractivity contribution in [2.75, 3.05) is 13.2 Å². The molecule has 174 valence electrons. The number of fused-ring (bicyclic) bond motifs is 2. The highest BCUT2D eigenvalue weighted by Crippen LogP contribution is 2.30. The molecule has 1 aliphatic heterocycles. The van der Waals surface area contributed by atoms with Crippen LogP contribution in [0.15, 0.2) is 83.9 Å². The lowest BCUT2D eigenvalue weighted by atomic mass is 10.1. The molecule has 1 aliphatic rings. The molecule has 0 radical (unpaired) electrons. The Balaban J connectivity index is 1.37. The molecule has 0 atom stereocenters. The van der Waals surface area contributed by atoms with Gasteiger partial charge in [-0.1, -0.05) is 54.1 Å². The zero-order valence-corrected chi connectivity index (χ0v) is 19.9. The molecule has 2 heterocycles. The van der Waals surface area contributed by atoms with Crippen molar-refractivity contribution >= 4 is 32.5 Å². The van der Waals surface area contributed by atoms with Gasteiger partial charge in [-0.05, 0) is 41.5 Å². The fraction of sp³-hybridized carbons (Fsp3) is 0.192. The van der Waals surface area contributed by atoms with Crippen molar-refractivity contribution in [2.45, 2.75) is 24.7 Å². The minimum atomic E-state index is -3.78. The number of rotatable bonds is 6. The zero-order chi connectivity index (χ0) is 23.5. The number of hydrogen-bond donors (Lipinski definition) is 0. The summed E-state index contributed by atoms with van der Waals surface area (Å²) in [5.41, 5.74) is 3.12. The molecule has 0 N–H and O–H groups in total. The number of para-hydroxylation sites is 1. The molecule has 34 heavy (non-hydrogen) atoms. The number of aromatic nitrogens is 1. The van der Waals surface area contributed by atoms with Crippen LogP contribution in [0.4, 0.5) is 0 Å². The van der Waals surface area contributed by atoms with Crippen LogP contribution in [0.1, 0.15) is 16.7 Å². The van der Waals surface area contributed by atoms with Crippen molar-refractivity contribution in [3.8, 4) is 5.75 Å². The zero-order valence-electron chi connectivity index (χ0n) is 18.4. The van der Waals surface area contributed by atoms with Crippen molar-refractivity contribution in [2.24, 2.45) is 0 Å². The Bertz CT molecular complexity index is 1440. The molecule has 5 rings (SSSR count). The minimum absolute atomic E-state index is 0.202. The molecular weight excluding hydrogens is 472 g/mol. The smallest absolute Gasteiger partial charge is 0.245 e. The number of halogens is 1. The topological polar surface area (TPSA) is 68.7 Å². The molecular formula is C26H23ClN2O4S. The number of sulfonamides is 1. The molecule has 0 bridgehead atoms. The fourth-order valence-corrected chi connectivity index (χ4v) is 5.79. The van der Waals surface area contributed by atoms with E-state index in [9.17, 15) is 8.42 Å². The third-order valence-electron chi connectivity index (χ3n) is 5.77. The van der Waals surface area contributed by atoms with Gasteiger partial charge in [0.15, 0.2) is 0 Å². The molecule has 0 amide bonds. The van der Waals surface area contributed by atoms with Gasteiger partial charge in [-0.3, -0.25) is 4.98 Å². The van der Waals surface area contributed by atoms with Crippen molar-refractivity contribution in [3.05, 3.63) is 101 Å². The first-order chi connectivity index (χ1) is 16.5. The van der Waals surface area contributed by atoms with Crippen LogP contribution in [0.5, 0.6) is 5.75 Å². The van der Waals surface area contributed by atoms with Crippen molar-refractivity contribution in [3.63, 3.8) is 0 Å². The van der Waals surface area contributed by atoms with E-state index in [-0.39, 0.29) is 24.6 Å². The maximum Gasteiger partial charge on any atom is 0.245 e. The second kappa shape index (κ2) is 9.72. The van der Waals surface area contributed by atoms with Crippen LogP contribution in [0.3, 0.4) is 0 Å². The molecule has 0 fully saturated rings. The summed E-state index contributed by atoms with van der Waals surface area (Å²) in [7, 11) is -3.78. The highest BCUT2D eigenvalue weighted by molar-refractivity contribution is 7.89. The van der Waals surface area contributed by atoms with Gasteiger partial charge in [0.1, 0.15) is 17.3 Å². The highest BCUT2D eigenvalue weighted by atomic mass is 35.5. The maximum absolute atomic E-state index is 13.6. The van der Waals surface area contributed by atoms with Crippen LogP contribution in [-0.4, -0.2) is 30.9 Å². The first-order valence-electron chi connectivity index (χ1n) is 10.9. The SMILES string of the molecule is O=S(=O)(c1cccc2cccnc12)N1CCOc2ccc(COCc3ccccc3Cl)cc2C1.